The molecule has 1 saturated carbocycles. The van der Waals surface area contributed by atoms with Gasteiger partial charge in [-0.25, -0.2) is 4.39 Å². The number of nitrogens with two attached hydrogens (primary N) is 1. The molecule has 11 heteroatoms. The van der Waals surface area contributed by atoms with E-state index in [0.717, 1.165) is 0 Å². The number of hydrogen-bond donors (Lipinski definition) is 2. The maximum absolute atomic E-state index is 16.7. The van der Waals surface area contributed by atoms with Gasteiger partial charge in [-0.05, 0) is 80.5 Å². The summed E-state index contributed by atoms with van der Waals surface area (Å²) in [4.78, 5) is 32.6. The number of ether oxygens (including phenoxy) is 2. The van der Waals surface area contributed by atoms with Crippen LogP contribution in [-0.2, 0) is 32.1 Å². The van der Waals surface area contributed by atoms with E-state index < -0.39 is 34.4 Å². The van der Waals surface area contributed by atoms with Crippen LogP contribution in [0.3, 0.4) is 0 Å². The number of nitrogens with zero attached hydrogens (tertiary/aromatic N) is 2. The molecule has 3 N–H and O–H groups in total. The summed E-state index contributed by atoms with van der Waals surface area (Å²) in [7, 11) is 0. The molecule has 2 aliphatic heterocycles. The van der Waals surface area contributed by atoms with Crippen LogP contribution in [0.4, 0.5) is 4.39 Å². The first kappa shape index (κ1) is 30.0. The van der Waals surface area contributed by atoms with Crippen LogP contribution in [0.5, 0.6) is 0 Å². The van der Waals surface area contributed by atoms with Crippen molar-refractivity contribution in [3.63, 3.8) is 0 Å². The quantitative estimate of drug-likeness (QED) is 0.333. The highest BCUT2D eigenvalue weighted by molar-refractivity contribution is 6.30. The molecule has 8 nitrogen and oxygen atoms in total. The zero-order chi connectivity index (χ0) is 30.6. The number of benzene rings is 2. The molecule has 0 spiro atoms. The first-order valence-electron chi connectivity index (χ1n) is 14.2. The molecule has 3 aromatic rings. The Labute approximate surface area is 258 Å². The van der Waals surface area contributed by atoms with Crippen molar-refractivity contribution in [2.24, 2.45) is 17.1 Å². The van der Waals surface area contributed by atoms with Crippen LogP contribution in [0.25, 0.3) is 0 Å². The standard InChI is InChI=1S/C32H32Cl2FN3O5/c1-30(41,19-8-12-42-13-9-19)21-14-25-27(26(35)15-21)32(20-2-4-22(33)5-3-20,43-18-31(10-11-31)29(36)40)38(28(25)39)17-24-7-6-23(34)16-37-24/h2-7,14-16,19,41H,8-13,17-18H2,1H3,(H2,36,40)/t30?,32-/m1/s1. The Hall–Kier alpha value is -3.08. The number of primary amides is 1. The van der Waals surface area contributed by atoms with Gasteiger partial charge in [-0.2, -0.15) is 0 Å². The molecule has 3 heterocycles. The van der Waals surface area contributed by atoms with Crippen LogP contribution in [-0.4, -0.2) is 46.6 Å². The smallest absolute Gasteiger partial charge is 0.257 e. The Kier molecular flexibility index (Phi) is 7.75. The van der Waals surface area contributed by atoms with Gasteiger partial charge in [-0.1, -0.05) is 35.3 Å². The topological polar surface area (TPSA) is 115 Å². The fraction of sp³-hybridized carbons (Fsp3) is 0.406. The van der Waals surface area contributed by atoms with E-state index in [0.29, 0.717) is 60.2 Å². The highest BCUT2D eigenvalue weighted by atomic mass is 35.5. The maximum atomic E-state index is 16.7. The summed E-state index contributed by atoms with van der Waals surface area (Å²) >= 11 is 12.3. The first-order chi connectivity index (χ1) is 20.5. The number of hydrogen-bond acceptors (Lipinski definition) is 6. The summed E-state index contributed by atoms with van der Waals surface area (Å²) in [5, 5.41) is 12.5. The summed E-state index contributed by atoms with van der Waals surface area (Å²) < 4.78 is 28.8. The van der Waals surface area contributed by atoms with E-state index in [9.17, 15) is 14.7 Å². The highest BCUT2D eigenvalue weighted by Crippen LogP contribution is 2.53. The Morgan fingerprint density at radius 1 is 1.16 bits per heavy atom. The van der Waals surface area contributed by atoms with E-state index in [1.165, 1.54) is 17.2 Å². The van der Waals surface area contributed by atoms with Crippen molar-refractivity contribution in [1.82, 2.24) is 9.88 Å². The molecule has 226 valence electrons. The number of rotatable bonds is 9. The zero-order valence-corrected chi connectivity index (χ0v) is 25.1. The average Bonchev–Trinajstić information content (AvgIpc) is 3.76. The third kappa shape index (κ3) is 5.21. The van der Waals surface area contributed by atoms with Gasteiger partial charge in [0, 0.05) is 30.0 Å². The fourth-order valence-electron chi connectivity index (χ4n) is 6.24. The molecule has 0 bridgehead atoms. The van der Waals surface area contributed by atoms with Gasteiger partial charge in [0.1, 0.15) is 5.82 Å². The highest BCUT2D eigenvalue weighted by Gasteiger charge is 2.58. The second-order valence-corrected chi connectivity index (χ2v) is 12.7. The van der Waals surface area contributed by atoms with Gasteiger partial charge in [0.05, 0.1) is 46.0 Å². The molecule has 1 unspecified atom stereocenters. The Morgan fingerprint density at radius 2 is 1.84 bits per heavy atom. The first-order valence-corrected chi connectivity index (χ1v) is 15.0. The monoisotopic (exact) mass is 627 g/mol. The van der Waals surface area contributed by atoms with Gasteiger partial charge < -0.3 is 20.3 Å². The largest absolute Gasteiger partial charge is 0.385 e. The molecule has 1 saturated heterocycles. The van der Waals surface area contributed by atoms with Crippen LogP contribution >= 0.6 is 23.2 Å². The normalized spacial score (nSPS) is 22.7. The zero-order valence-electron chi connectivity index (χ0n) is 23.6. The van der Waals surface area contributed by atoms with Gasteiger partial charge in [0.2, 0.25) is 5.91 Å². The number of pyridine rings is 1. The molecule has 6 rings (SSSR count). The predicted octanol–water partition coefficient (Wildman–Crippen LogP) is 5.30. The van der Waals surface area contributed by atoms with Crippen molar-refractivity contribution in [1.29, 1.82) is 0 Å². The summed E-state index contributed by atoms with van der Waals surface area (Å²) in [5.41, 5.74) is 2.84. The van der Waals surface area contributed by atoms with Crippen molar-refractivity contribution < 1.29 is 28.6 Å². The number of aliphatic hydroxyl groups is 1. The fourth-order valence-corrected chi connectivity index (χ4v) is 6.48. The minimum absolute atomic E-state index is 0.0133. The second kappa shape index (κ2) is 11.1. The molecule has 0 radical (unpaired) electrons. The molecule has 2 aromatic carbocycles. The SMILES string of the molecule is CC(O)(c1cc(F)c2c(c1)C(=O)N(Cc1ccc(Cl)cn1)[C@@]2(OCC1(C(N)=O)CC1)c1ccc(Cl)cc1)C1CCOCC1. The number of amides is 2. The molecule has 43 heavy (non-hydrogen) atoms. The predicted molar refractivity (Wildman–Crippen MR) is 158 cm³/mol. The van der Waals surface area contributed by atoms with E-state index in [1.54, 1.807) is 49.4 Å². The number of fused-ring (bicyclic) bond motifs is 1. The van der Waals surface area contributed by atoms with Crippen LogP contribution in [0.2, 0.25) is 10.0 Å². The number of aromatic nitrogens is 1. The molecule has 2 atom stereocenters. The van der Waals surface area contributed by atoms with Gasteiger partial charge in [0.15, 0.2) is 5.72 Å². The third-order valence-electron chi connectivity index (χ3n) is 9.16. The molecule has 2 amide bonds. The van der Waals surface area contributed by atoms with Crippen LogP contribution in [0.1, 0.15) is 65.3 Å². The van der Waals surface area contributed by atoms with Crippen LogP contribution < -0.4 is 5.73 Å². The lowest BCUT2D eigenvalue weighted by molar-refractivity contribution is -0.142. The molecule has 3 aliphatic rings. The van der Waals surface area contributed by atoms with Gasteiger partial charge in [-0.3, -0.25) is 19.5 Å². The molecule has 2 fully saturated rings. The lowest BCUT2D eigenvalue weighted by Crippen LogP contribution is -2.48. The summed E-state index contributed by atoms with van der Waals surface area (Å²) in [6.45, 7) is 2.42. The lowest BCUT2D eigenvalue weighted by Gasteiger charge is -2.40. The summed E-state index contributed by atoms with van der Waals surface area (Å²) in [6, 6.07) is 12.8. The second-order valence-electron chi connectivity index (χ2n) is 11.9. The van der Waals surface area contributed by atoms with E-state index in [4.69, 9.17) is 38.4 Å². The van der Waals surface area contributed by atoms with Gasteiger partial charge in [-0.15, -0.1) is 0 Å². The molecular formula is C32H32Cl2FN3O5. The van der Waals surface area contributed by atoms with Crippen molar-refractivity contribution in [3.05, 3.63) is 98.5 Å². The summed E-state index contributed by atoms with van der Waals surface area (Å²) in [5.74, 6) is -1.95. The van der Waals surface area contributed by atoms with Crippen LogP contribution in [0.15, 0.2) is 54.7 Å². The van der Waals surface area contributed by atoms with Crippen molar-refractivity contribution in [2.45, 2.75) is 50.5 Å². The van der Waals surface area contributed by atoms with E-state index in [2.05, 4.69) is 4.98 Å². The lowest BCUT2D eigenvalue weighted by atomic mass is 9.77. The van der Waals surface area contributed by atoms with Crippen molar-refractivity contribution in [2.75, 3.05) is 19.8 Å². The van der Waals surface area contributed by atoms with E-state index >= 15 is 4.39 Å². The Balaban J connectivity index is 1.54. The van der Waals surface area contributed by atoms with Crippen molar-refractivity contribution in [3.8, 4) is 0 Å². The van der Waals surface area contributed by atoms with Crippen LogP contribution in [0, 0.1) is 17.2 Å². The molecule has 1 aromatic heterocycles. The number of halogens is 3. The minimum Gasteiger partial charge on any atom is -0.385 e. The minimum atomic E-state index is -1.80. The molecular weight excluding hydrogens is 596 g/mol. The Bertz CT molecular complexity index is 1560. The van der Waals surface area contributed by atoms with E-state index in [1.807, 2.05) is 0 Å². The Morgan fingerprint density at radius 3 is 2.44 bits per heavy atom. The maximum Gasteiger partial charge on any atom is 0.257 e. The van der Waals surface area contributed by atoms with Gasteiger partial charge >= 0.3 is 0 Å². The van der Waals surface area contributed by atoms with Gasteiger partial charge in [0.25, 0.3) is 5.91 Å². The average molecular weight is 629 g/mol. The third-order valence-corrected chi connectivity index (χ3v) is 9.64. The van der Waals surface area contributed by atoms with E-state index in [-0.39, 0.29) is 35.8 Å². The number of carbonyl (C=O) groups excluding carboxylic acids is 2. The number of carbonyl (C=O) groups is 2. The molecule has 1 aliphatic carbocycles. The van der Waals surface area contributed by atoms with Crippen molar-refractivity contribution >= 4 is 35.0 Å². The summed E-state index contributed by atoms with van der Waals surface area (Å²) in [6.07, 6.45) is 3.70.